The van der Waals surface area contributed by atoms with E-state index in [0.717, 1.165) is 11.1 Å². The van der Waals surface area contributed by atoms with E-state index in [-0.39, 0.29) is 23.0 Å². The van der Waals surface area contributed by atoms with Crippen LogP contribution in [-0.2, 0) is 6.42 Å². The first-order valence-corrected chi connectivity index (χ1v) is 7.43. The third-order valence-electron chi connectivity index (χ3n) is 4.39. The number of nitro benzene ring substituents is 1. The number of nitro groups is 1. The third kappa shape index (κ3) is 1.96. The molecule has 6 nitrogen and oxygen atoms in total. The minimum Gasteiger partial charge on any atom is -0.351 e. The van der Waals surface area contributed by atoms with Crippen LogP contribution in [0.5, 0.6) is 0 Å². The largest absolute Gasteiger partial charge is 0.351 e. The molecule has 2 aliphatic rings. The van der Waals surface area contributed by atoms with Gasteiger partial charge in [0.2, 0.25) is 5.78 Å². The number of hydrogen-bond acceptors (Lipinski definition) is 5. The summed E-state index contributed by atoms with van der Waals surface area (Å²) in [4.78, 5) is 35.6. The molecule has 0 atom stereocenters. The van der Waals surface area contributed by atoms with Crippen molar-refractivity contribution in [3.63, 3.8) is 0 Å². The van der Waals surface area contributed by atoms with Gasteiger partial charge in [0.15, 0.2) is 5.78 Å². The summed E-state index contributed by atoms with van der Waals surface area (Å²) >= 11 is 0. The molecule has 24 heavy (non-hydrogen) atoms. The van der Waals surface area contributed by atoms with Gasteiger partial charge in [0.05, 0.1) is 16.3 Å². The number of Topliss-reactive ketones (excluding diaryl/α,β-unsaturated/α-hetero) is 2. The van der Waals surface area contributed by atoms with E-state index in [4.69, 9.17) is 0 Å². The summed E-state index contributed by atoms with van der Waals surface area (Å²) in [7, 11) is 0. The molecule has 0 saturated carbocycles. The van der Waals surface area contributed by atoms with Gasteiger partial charge >= 0.3 is 0 Å². The van der Waals surface area contributed by atoms with Crippen molar-refractivity contribution in [3.8, 4) is 0 Å². The molecule has 0 unspecified atom stereocenters. The summed E-state index contributed by atoms with van der Waals surface area (Å²) in [5, 5.41) is 13.8. The Hall–Kier alpha value is -3.28. The Bertz CT molecular complexity index is 989. The molecule has 6 heteroatoms. The second-order valence-electron chi connectivity index (χ2n) is 5.96. The molecule has 2 aromatic rings. The van der Waals surface area contributed by atoms with E-state index in [1.165, 1.54) is 18.2 Å². The number of hydrogen-bond donors (Lipinski definition) is 1. The van der Waals surface area contributed by atoms with Gasteiger partial charge in [-0.25, -0.2) is 0 Å². The number of ketones is 2. The molecule has 1 aliphatic heterocycles. The third-order valence-corrected chi connectivity index (χ3v) is 4.39. The number of allylic oxidation sites excluding steroid dienone is 2. The highest BCUT2D eigenvalue weighted by molar-refractivity contribution is 6.25. The first-order chi connectivity index (χ1) is 11.5. The maximum absolute atomic E-state index is 12.6. The highest BCUT2D eigenvalue weighted by Gasteiger charge is 2.35. The van der Waals surface area contributed by atoms with E-state index in [2.05, 4.69) is 5.32 Å². The summed E-state index contributed by atoms with van der Waals surface area (Å²) in [6.07, 6.45) is 0.389. The number of benzene rings is 2. The number of carbonyl (C=O) groups is 2. The summed E-state index contributed by atoms with van der Waals surface area (Å²) in [6.45, 7) is 1.95. The van der Waals surface area contributed by atoms with Gasteiger partial charge in [-0.15, -0.1) is 0 Å². The van der Waals surface area contributed by atoms with E-state index in [9.17, 15) is 19.7 Å². The minimum absolute atomic E-state index is 0.100. The average molecular weight is 320 g/mol. The lowest BCUT2D eigenvalue weighted by molar-refractivity contribution is -0.384. The monoisotopic (exact) mass is 320 g/mol. The zero-order valence-electron chi connectivity index (χ0n) is 12.8. The normalized spacial score (nSPS) is 18.4. The number of carbonyl (C=O) groups excluding carboxylic acids is 2. The summed E-state index contributed by atoms with van der Waals surface area (Å²) in [5.41, 5.74) is 3.83. The second-order valence-corrected chi connectivity index (χ2v) is 5.96. The molecule has 0 spiro atoms. The van der Waals surface area contributed by atoms with Crippen LogP contribution in [0.3, 0.4) is 0 Å². The Morgan fingerprint density at radius 2 is 1.79 bits per heavy atom. The molecule has 0 radical (unpaired) electrons. The average Bonchev–Trinajstić information content (AvgIpc) is 3.04. The number of aryl methyl sites for hydroxylation is 1. The lowest BCUT2D eigenvalue weighted by Gasteiger charge is -2.02. The van der Waals surface area contributed by atoms with Gasteiger partial charge < -0.3 is 5.32 Å². The van der Waals surface area contributed by atoms with Crippen LogP contribution in [0.4, 0.5) is 11.4 Å². The fraction of sp³-hybridized carbons (Fsp3) is 0.111. The fourth-order valence-corrected chi connectivity index (χ4v) is 3.21. The molecule has 118 valence electrons. The molecular formula is C18H12N2O4. The van der Waals surface area contributed by atoms with Crippen molar-refractivity contribution in [2.24, 2.45) is 0 Å². The second kappa shape index (κ2) is 4.86. The number of rotatable bonds is 1. The predicted molar refractivity (Wildman–Crippen MR) is 87.3 cm³/mol. The van der Waals surface area contributed by atoms with Crippen molar-refractivity contribution in [1.29, 1.82) is 0 Å². The van der Waals surface area contributed by atoms with Gasteiger partial charge in [-0.3, -0.25) is 19.7 Å². The van der Waals surface area contributed by atoms with Gasteiger partial charge in [-0.2, -0.15) is 0 Å². The summed E-state index contributed by atoms with van der Waals surface area (Å²) in [6, 6.07) is 9.62. The van der Waals surface area contributed by atoms with Crippen LogP contribution in [-0.4, -0.2) is 16.5 Å². The molecule has 0 bridgehead atoms. The van der Waals surface area contributed by atoms with Crippen molar-refractivity contribution in [2.45, 2.75) is 13.3 Å². The fourth-order valence-electron chi connectivity index (χ4n) is 3.21. The van der Waals surface area contributed by atoms with Gasteiger partial charge in [-0.1, -0.05) is 23.8 Å². The molecule has 0 saturated heterocycles. The number of nitrogens with zero attached hydrogens (tertiary/aromatic N) is 1. The van der Waals surface area contributed by atoms with E-state index in [1.807, 2.05) is 19.1 Å². The Labute approximate surface area is 137 Å². The molecule has 4 rings (SSSR count). The van der Waals surface area contributed by atoms with Gasteiger partial charge in [0, 0.05) is 35.3 Å². The van der Waals surface area contributed by atoms with E-state index in [1.54, 1.807) is 6.07 Å². The van der Waals surface area contributed by atoms with Crippen molar-refractivity contribution < 1.29 is 14.5 Å². The maximum Gasteiger partial charge on any atom is 0.271 e. The molecule has 0 aromatic heterocycles. The zero-order valence-corrected chi connectivity index (χ0v) is 12.8. The first kappa shape index (κ1) is 14.3. The molecule has 0 amide bonds. The molecule has 1 heterocycles. The summed E-state index contributed by atoms with van der Waals surface area (Å²) in [5.74, 6) is -0.462. The highest BCUT2D eigenvalue weighted by atomic mass is 16.6. The predicted octanol–water partition coefficient (Wildman–Crippen LogP) is 3.20. The van der Waals surface area contributed by atoms with Crippen molar-refractivity contribution in [2.75, 3.05) is 5.32 Å². The first-order valence-electron chi connectivity index (χ1n) is 7.43. The Morgan fingerprint density at radius 1 is 1.04 bits per heavy atom. The SMILES string of the molecule is Cc1ccc2c(c1)C/C(=C1/Nc3cc([N+](=O)[O-])ccc3C1=O)C2=O. The number of anilines is 1. The van der Waals surface area contributed by atoms with Gasteiger partial charge in [0.25, 0.3) is 5.69 Å². The van der Waals surface area contributed by atoms with Crippen LogP contribution >= 0.6 is 0 Å². The lowest BCUT2D eigenvalue weighted by Crippen LogP contribution is -2.09. The minimum atomic E-state index is -0.517. The topological polar surface area (TPSA) is 89.3 Å². The number of fused-ring (bicyclic) bond motifs is 2. The van der Waals surface area contributed by atoms with Gasteiger partial charge in [0.1, 0.15) is 0 Å². The van der Waals surface area contributed by atoms with Crippen LogP contribution in [0.25, 0.3) is 0 Å². The van der Waals surface area contributed by atoms with Crippen LogP contribution in [0.15, 0.2) is 47.7 Å². The van der Waals surface area contributed by atoms with Crippen molar-refractivity contribution >= 4 is 22.9 Å². The Morgan fingerprint density at radius 3 is 2.54 bits per heavy atom. The van der Waals surface area contributed by atoms with E-state index >= 15 is 0 Å². The smallest absolute Gasteiger partial charge is 0.271 e. The van der Waals surface area contributed by atoms with Crippen LogP contribution < -0.4 is 5.32 Å². The van der Waals surface area contributed by atoms with Gasteiger partial charge in [-0.05, 0) is 18.6 Å². The molecule has 0 fully saturated rings. The maximum atomic E-state index is 12.6. The van der Waals surface area contributed by atoms with Crippen molar-refractivity contribution in [1.82, 2.24) is 0 Å². The highest BCUT2D eigenvalue weighted by Crippen LogP contribution is 2.36. The number of non-ortho nitro benzene ring substituents is 1. The quantitative estimate of drug-likeness (QED) is 0.495. The molecule has 2 aromatic carbocycles. The molecular weight excluding hydrogens is 308 g/mol. The Balaban J connectivity index is 1.79. The van der Waals surface area contributed by atoms with Crippen LogP contribution in [0.2, 0.25) is 0 Å². The Kier molecular flexibility index (Phi) is 2.90. The van der Waals surface area contributed by atoms with Crippen LogP contribution in [0, 0.1) is 17.0 Å². The van der Waals surface area contributed by atoms with E-state index in [0.29, 0.717) is 28.8 Å². The van der Waals surface area contributed by atoms with Crippen molar-refractivity contribution in [3.05, 3.63) is 80.0 Å². The lowest BCUT2D eigenvalue weighted by atomic mass is 10.0. The van der Waals surface area contributed by atoms with E-state index < -0.39 is 4.92 Å². The molecule has 1 aliphatic carbocycles. The molecule has 1 N–H and O–H groups in total. The standard InChI is InChI=1S/C18H12N2O4/c1-9-2-4-12-10(6-9)7-14(17(12)21)16-18(22)13-5-3-11(20(23)24)8-15(13)19-16/h2-6,8,19H,7H2,1H3/b16-14-. The zero-order chi connectivity index (χ0) is 17.0. The van der Waals surface area contributed by atoms with Crippen LogP contribution in [0.1, 0.15) is 31.8 Å². The number of nitrogens with one attached hydrogen (secondary N) is 1. The summed E-state index contributed by atoms with van der Waals surface area (Å²) < 4.78 is 0.